The van der Waals surface area contributed by atoms with Crippen molar-refractivity contribution in [3.8, 4) is 0 Å². The minimum atomic E-state index is -0.820. The summed E-state index contributed by atoms with van der Waals surface area (Å²) in [4.78, 5) is 11.4. The van der Waals surface area contributed by atoms with Gasteiger partial charge in [0.05, 0.1) is 5.69 Å². The molecule has 0 spiro atoms. The maximum Gasteiger partial charge on any atom is 0.412 e. The molecule has 0 atom stereocenters. The van der Waals surface area contributed by atoms with Gasteiger partial charge in [0.15, 0.2) is 0 Å². The molecular formula is C12H15F2NO2. The van der Waals surface area contributed by atoms with Crippen molar-refractivity contribution in [2.75, 3.05) is 5.32 Å². The predicted octanol–water partition coefficient (Wildman–Crippen LogP) is 3.62. The SMILES string of the molecule is Cc1cc(F)c(NC(=O)OC(C)(C)C)cc1F. The van der Waals surface area contributed by atoms with E-state index in [1.54, 1.807) is 20.8 Å². The van der Waals surface area contributed by atoms with Crippen LogP contribution in [0.1, 0.15) is 26.3 Å². The summed E-state index contributed by atoms with van der Waals surface area (Å²) in [7, 11) is 0. The first-order chi connectivity index (χ1) is 7.69. The molecule has 0 radical (unpaired) electrons. The van der Waals surface area contributed by atoms with Crippen molar-refractivity contribution in [1.29, 1.82) is 0 Å². The first-order valence-electron chi connectivity index (χ1n) is 5.15. The van der Waals surface area contributed by atoms with E-state index in [4.69, 9.17) is 4.74 Å². The fraction of sp³-hybridized carbons (Fsp3) is 0.417. The fourth-order valence-corrected chi connectivity index (χ4v) is 1.16. The van der Waals surface area contributed by atoms with Crippen molar-refractivity contribution < 1.29 is 18.3 Å². The summed E-state index contributed by atoms with van der Waals surface area (Å²) in [5.41, 5.74) is -0.747. The molecule has 1 amide bonds. The van der Waals surface area contributed by atoms with E-state index in [-0.39, 0.29) is 11.3 Å². The Morgan fingerprint density at radius 3 is 2.35 bits per heavy atom. The Hall–Kier alpha value is -1.65. The summed E-state index contributed by atoms with van der Waals surface area (Å²) in [5.74, 6) is -1.28. The van der Waals surface area contributed by atoms with Crippen molar-refractivity contribution in [2.45, 2.75) is 33.3 Å². The zero-order valence-corrected chi connectivity index (χ0v) is 10.2. The molecule has 0 unspecified atom stereocenters. The van der Waals surface area contributed by atoms with Crippen molar-refractivity contribution in [3.05, 3.63) is 29.3 Å². The van der Waals surface area contributed by atoms with Gasteiger partial charge in [-0.2, -0.15) is 0 Å². The molecule has 94 valence electrons. The molecule has 5 heteroatoms. The minimum Gasteiger partial charge on any atom is -0.444 e. The van der Waals surface area contributed by atoms with Gasteiger partial charge >= 0.3 is 6.09 Å². The molecule has 0 aliphatic heterocycles. The minimum absolute atomic E-state index is 0.178. The molecule has 1 rings (SSSR count). The normalized spacial score (nSPS) is 11.2. The summed E-state index contributed by atoms with van der Waals surface area (Å²) in [6, 6.07) is 1.94. The highest BCUT2D eigenvalue weighted by molar-refractivity contribution is 5.85. The number of carbonyl (C=O) groups is 1. The van der Waals surface area contributed by atoms with Crippen molar-refractivity contribution in [3.63, 3.8) is 0 Å². The number of benzene rings is 1. The van der Waals surface area contributed by atoms with E-state index in [0.717, 1.165) is 12.1 Å². The van der Waals surface area contributed by atoms with E-state index in [1.165, 1.54) is 6.92 Å². The second kappa shape index (κ2) is 4.69. The van der Waals surface area contributed by atoms with Gasteiger partial charge in [-0.05, 0) is 39.3 Å². The van der Waals surface area contributed by atoms with Gasteiger partial charge in [-0.15, -0.1) is 0 Å². The maximum atomic E-state index is 13.4. The van der Waals surface area contributed by atoms with Crippen LogP contribution in [0.3, 0.4) is 0 Å². The van der Waals surface area contributed by atoms with Crippen LogP contribution in [-0.2, 0) is 4.74 Å². The average molecular weight is 243 g/mol. The van der Waals surface area contributed by atoms with Crippen molar-refractivity contribution in [1.82, 2.24) is 0 Å². The van der Waals surface area contributed by atoms with Gasteiger partial charge in [0.1, 0.15) is 17.2 Å². The van der Waals surface area contributed by atoms with E-state index >= 15 is 0 Å². The lowest BCUT2D eigenvalue weighted by Crippen LogP contribution is -2.27. The first kappa shape index (κ1) is 13.4. The largest absolute Gasteiger partial charge is 0.444 e. The lowest BCUT2D eigenvalue weighted by molar-refractivity contribution is 0.0635. The summed E-state index contributed by atoms with van der Waals surface area (Å²) in [5, 5.41) is 2.16. The van der Waals surface area contributed by atoms with Crippen LogP contribution < -0.4 is 5.32 Å². The number of aryl methyl sites for hydroxylation is 1. The van der Waals surface area contributed by atoms with Crippen LogP contribution in [0.25, 0.3) is 0 Å². The second-order valence-electron chi connectivity index (χ2n) is 4.71. The topological polar surface area (TPSA) is 38.3 Å². The molecule has 0 fully saturated rings. The van der Waals surface area contributed by atoms with Crippen LogP contribution >= 0.6 is 0 Å². The molecule has 0 heterocycles. The smallest absolute Gasteiger partial charge is 0.412 e. The van der Waals surface area contributed by atoms with Gasteiger partial charge in [-0.3, -0.25) is 5.32 Å². The highest BCUT2D eigenvalue weighted by atomic mass is 19.1. The number of rotatable bonds is 1. The zero-order valence-electron chi connectivity index (χ0n) is 10.2. The number of amides is 1. The molecule has 0 bridgehead atoms. The molecule has 17 heavy (non-hydrogen) atoms. The Bertz CT molecular complexity index is 439. The van der Waals surface area contributed by atoms with Crippen LogP contribution in [0.15, 0.2) is 12.1 Å². The summed E-state index contributed by atoms with van der Waals surface area (Å²) in [6.07, 6.45) is -0.820. The van der Waals surface area contributed by atoms with E-state index in [9.17, 15) is 13.6 Å². The number of carbonyl (C=O) groups excluding carboxylic acids is 1. The Labute approximate surface area is 98.8 Å². The highest BCUT2D eigenvalue weighted by Gasteiger charge is 2.18. The lowest BCUT2D eigenvalue weighted by atomic mass is 10.2. The van der Waals surface area contributed by atoms with Crippen molar-refractivity contribution >= 4 is 11.8 Å². The number of halogens is 2. The molecular weight excluding hydrogens is 228 g/mol. The standard InChI is InChI=1S/C12H15F2NO2/c1-7-5-9(14)10(6-8(7)13)15-11(16)17-12(2,3)4/h5-6H,1-4H3,(H,15,16). The number of hydrogen-bond acceptors (Lipinski definition) is 2. The van der Waals surface area contributed by atoms with E-state index in [2.05, 4.69) is 5.32 Å². The molecule has 0 saturated carbocycles. The number of hydrogen-bond donors (Lipinski definition) is 1. The van der Waals surface area contributed by atoms with Gasteiger partial charge in [-0.1, -0.05) is 0 Å². The molecule has 3 nitrogen and oxygen atoms in total. The highest BCUT2D eigenvalue weighted by Crippen LogP contribution is 2.19. The van der Waals surface area contributed by atoms with Gasteiger partial charge in [-0.25, -0.2) is 13.6 Å². The monoisotopic (exact) mass is 243 g/mol. The summed E-state index contributed by atoms with van der Waals surface area (Å²) < 4.78 is 31.5. The predicted molar refractivity (Wildman–Crippen MR) is 61.0 cm³/mol. The number of anilines is 1. The van der Waals surface area contributed by atoms with Gasteiger partial charge in [0.2, 0.25) is 0 Å². The molecule has 0 aliphatic rings. The number of nitrogens with one attached hydrogen (secondary N) is 1. The van der Waals surface area contributed by atoms with E-state index in [0.29, 0.717) is 0 Å². The second-order valence-corrected chi connectivity index (χ2v) is 4.71. The average Bonchev–Trinajstić information content (AvgIpc) is 2.11. The third-order valence-electron chi connectivity index (χ3n) is 1.88. The molecule has 1 aromatic rings. The van der Waals surface area contributed by atoms with Crippen LogP contribution in [0.2, 0.25) is 0 Å². The summed E-state index contributed by atoms with van der Waals surface area (Å²) >= 11 is 0. The molecule has 0 aliphatic carbocycles. The third-order valence-corrected chi connectivity index (χ3v) is 1.88. The van der Waals surface area contributed by atoms with Crippen LogP contribution in [0.4, 0.5) is 19.3 Å². The third kappa shape index (κ3) is 4.01. The Morgan fingerprint density at radius 2 is 1.82 bits per heavy atom. The quantitative estimate of drug-likeness (QED) is 0.818. The lowest BCUT2D eigenvalue weighted by Gasteiger charge is -2.19. The molecule has 0 saturated heterocycles. The Morgan fingerprint density at radius 1 is 1.24 bits per heavy atom. The van der Waals surface area contributed by atoms with Crippen molar-refractivity contribution in [2.24, 2.45) is 0 Å². The zero-order chi connectivity index (χ0) is 13.2. The fourth-order valence-electron chi connectivity index (χ4n) is 1.16. The Kier molecular flexibility index (Phi) is 3.70. The van der Waals surface area contributed by atoms with Crippen LogP contribution in [0, 0.1) is 18.6 Å². The van der Waals surface area contributed by atoms with E-state index < -0.39 is 23.3 Å². The first-order valence-corrected chi connectivity index (χ1v) is 5.15. The van der Waals surface area contributed by atoms with Crippen LogP contribution in [0.5, 0.6) is 0 Å². The maximum absolute atomic E-state index is 13.4. The number of ether oxygens (including phenoxy) is 1. The van der Waals surface area contributed by atoms with Gasteiger partial charge in [0, 0.05) is 6.07 Å². The Balaban J connectivity index is 2.82. The summed E-state index contributed by atoms with van der Waals surface area (Å²) in [6.45, 7) is 6.48. The van der Waals surface area contributed by atoms with Gasteiger partial charge in [0.25, 0.3) is 0 Å². The molecule has 1 N–H and O–H groups in total. The van der Waals surface area contributed by atoms with Crippen LogP contribution in [-0.4, -0.2) is 11.7 Å². The molecule has 0 aromatic heterocycles. The molecule has 1 aromatic carbocycles. The van der Waals surface area contributed by atoms with E-state index in [1.807, 2.05) is 0 Å². The van der Waals surface area contributed by atoms with Gasteiger partial charge < -0.3 is 4.74 Å².